The molecule has 0 saturated carbocycles. The molecule has 1 amide bonds. The number of nitrogens with zero attached hydrogens (tertiary/aromatic N) is 1. The highest BCUT2D eigenvalue weighted by Crippen LogP contribution is 2.23. The van der Waals surface area contributed by atoms with Gasteiger partial charge in [0.1, 0.15) is 0 Å². The first-order chi connectivity index (χ1) is 10.6. The van der Waals surface area contributed by atoms with Gasteiger partial charge in [-0.1, -0.05) is 44.9 Å². The second-order valence-electron chi connectivity index (χ2n) is 5.66. The van der Waals surface area contributed by atoms with Gasteiger partial charge in [-0.2, -0.15) is 0 Å². The third-order valence-electron chi connectivity index (χ3n) is 4.08. The van der Waals surface area contributed by atoms with E-state index in [2.05, 4.69) is 13.8 Å². The zero-order valence-electron chi connectivity index (χ0n) is 13.4. The summed E-state index contributed by atoms with van der Waals surface area (Å²) in [5, 5.41) is 0.973. The van der Waals surface area contributed by atoms with Gasteiger partial charge in [-0.15, -0.1) is 0 Å². The number of rotatable bonds is 6. The second kappa shape index (κ2) is 7.25. The molecule has 0 aliphatic rings. The number of pyridine rings is 1. The van der Waals surface area contributed by atoms with Crippen LogP contribution in [0, 0.1) is 0 Å². The third-order valence-corrected chi connectivity index (χ3v) is 4.08. The van der Waals surface area contributed by atoms with Gasteiger partial charge < -0.3 is 5.73 Å². The van der Waals surface area contributed by atoms with Crippen molar-refractivity contribution in [2.75, 3.05) is 0 Å². The fourth-order valence-corrected chi connectivity index (χ4v) is 2.93. The first-order valence-electron chi connectivity index (χ1n) is 8.07. The lowest BCUT2D eigenvalue weighted by Crippen LogP contribution is -2.35. The van der Waals surface area contributed by atoms with Crippen molar-refractivity contribution in [1.82, 2.24) is 4.57 Å². The second-order valence-corrected chi connectivity index (χ2v) is 5.66. The number of carbonyl (C=O) groups is 1. The number of para-hydroxylation sites is 1. The molecule has 0 aliphatic heterocycles. The number of hydrogen-bond donors (Lipinski definition) is 1. The molecule has 0 aliphatic carbocycles. The summed E-state index contributed by atoms with van der Waals surface area (Å²) in [6.07, 6.45) is 5.61. The molecule has 2 aromatic rings. The summed E-state index contributed by atoms with van der Waals surface area (Å²) in [5.41, 5.74) is 7.67. The number of primary amides is 1. The highest BCUT2D eigenvalue weighted by Gasteiger charge is 2.18. The lowest BCUT2D eigenvalue weighted by Gasteiger charge is -2.16. The smallest absolute Gasteiger partial charge is 0.326 e. The maximum atomic E-state index is 12.8. The Labute approximate surface area is 130 Å². The normalized spacial score (nSPS) is 11.0. The van der Waals surface area contributed by atoms with Crippen LogP contribution in [0.5, 0.6) is 0 Å². The van der Waals surface area contributed by atoms with E-state index < -0.39 is 6.03 Å². The Balaban J connectivity index is 2.78. The average Bonchev–Trinajstić information content (AvgIpc) is 2.51. The number of aromatic nitrogens is 1. The summed E-state index contributed by atoms with van der Waals surface area (Å²) >= 11 is 0. The van der Waals surface area contributed by atoms with E-state index in [0.29, 0.717) is 11.9 Å². The maximum absolute atomic E-state index is 12.8. The van der Waals surface area contributed by atoms with Crippen molar-refractivity contribution < 1.29 is 4.79 Å². The van der Waals surface area contributed by atoms with Crippen molar-refractivity contribution >= 4 is 16.9 Å². The van der Waals surface area contributed by atoms with Crippen LogP contribution in [0.3, 0.4) is 0 Å². The van der Waals surface area contributed by atoms with E-state index in [1.807, 2.05) is 18.2 Å². The molecular formula is C18H24N2O2. The number of unbranched alkanes of at least 4 members (excludes halogenated alkanes) is 2. The summed E-state index contributed by atoms with van der Waals surface area (Å²) < 4.78 is 1.12. The van der Waals surface area contributed by atoms with Gasteiger partial charge in [0.05, 0.1) is 5.52 Å². The lowest BCUT2D eigenvalue weighted by atomic mass is 9.95. The third kappa shape index (κ3) is 3.06. The number of nitrogens with two attached hydrogens (primary N) is 1. The summed E-state index contributed by atoms with van der Waals surface area (Å²) in [6, 6.07) is 6.84. The summed E-state index contributed by atoms with van der Waals surface area (Å²) in [5.74, 6) is 0. The molecule has 0 bridgehead atoms. The quantitative estimate of drug-likeness (QED) is 0.885. The van der Waals surface area contributed by atoms with Gasteiger partial charge in [0, 0.05) is 10.9 Å². The highest BCUT2D eigenvalue weighted by molar-refractivity contribution is 5.92. The number of aryl methyl sites for hydroxylation is 1. The van der Waals surface area contributed by atoms with Crippen LogP contribution < -0.4 is 11.3 Å². The van der Waals surface area contributed by atoms with Crippen LogP contribution in [0.15, 0.2) is 29.1 Å². The van der Waals surface area contributed by atoms with Crippen LogP contribution >= 0.6 is 0 Å². The number of carbonyl (C=O) groups excluding carboxylic acids is 1. The largest absolute Gasteiger partial charge is 0.351 e. The molecule has 1 aromatic heterocycles. The molecule has 0 atom stereocenters. The Morgan fingerprint density at radius 3 is 2.23 bits per heavy atom. The topological polar surface area (TPSA) is 65.1 Å². The molecular weight excluding hydrogens is 276 g/mol. The molecule has 4 heteroatoms. The van der Waals surface area contributed by atoms with Crippen molar-refractivity contribution in [1.29, 1.82) is 0 Å². The maximum Gasteiger partial charge on any atom is 0.326 e. The Kier molecular flexibility index (Phi) is 5.36. The molecule has 0 unspecified atom stereocenters. The van der Waals surface area contributed by atoms with Gasteiger partial charge in [-0.3, -0.25) is 4.79 Å². The van der Waals surface area contributed by atoms with Crippen LogP contribution in [0.25, 0.3) is 10.9 Å². The van der Waals surface area contributed by atoms with Crippen molar-refractivity contribution in [3.8, 4) is 0 Å². The average molecular weight is 300 g/mol. The van der Waals surface area contributed by atoms with Gasteiger partial charge in [0.2, 0.25) is 0 Å². The van der Waals surface area contributed by atoms with E-state index in [4.69, 9.17) is 5.73 Å². The number of fused-ring (bicyclic) bond motifs is 1. The molecule has 2 N–H and O–H groups in total. The molecule has 1 heterocycles. The van der Waals surface area contributed by atoms with Crippen LogP contribution in [0.2, 0.25) is 0 Å². The Morgan fingerprint density at radius 2 is 1.64 bits per heavy atom. The summed E-state index contributed by atoms with van der Waals surface area (Å²) in [6.45, 7) is 4.23. The number of benzene rings is 1. The van der Waals surface area contributed by atoms with E-state index in [-0.39, 0.29) is 5.56 Å². The standard InChI is InChI=1S/C18H24N2O2/c1-3-5-9-13-14-11-7-8-12-16(14)20(18(19)22)17(21)15(13)10-6-4-2/h7-8,11-12H,3-6,9-10H2,1-2H3,(H2,19,22). The Morgan fingerprint density at radius 1 is 1.05 bits per heavy atom. The summed E-state index contributed by atoms with van der Waals surface area (Å²) in [7, 11) is 0. The molecule has 0 spiro atoms. The van der Waals surface area contributed by atoms with Gasteiger partial charge >= 0.3 is 6.03 Å². The van der Waals surface area contributed by atoms with Gasteiger partial charge in [-0.05, 0) is 37.3 Å². The Hall–Kier alpha value is -2.10. The minimum atomic E-state index is -0.707. The summed E-state index contributed by atoms with van der Waals surface area (Å²) in [4.78, 5) is 24.5. The molecule has 4 nitrogen and oxygen atoms in total. The van der Waals surface area contributed by atoms with Crippen molar-refractivity contribution in [3.05, 3.63) is 45.7 Å². The Bertz CT molecular complexity index is 732. The minimum Gasteiger partial charge on any atom is -0.351 e. The van der Waals surface area contributed by atoms with Crippen LogP contribution in [0.1, 0.15) is 50.7 Å². The van der Waals surface area contributed by atoms with Crippen molar-refractivity contribution in [3.63, 3.8) is 0 Å². The molecule has 0 fully saturated rings. The van der Waals surface area contributed by atoms with Crippen LogP contribution in [-0.4, -0.2) is 10.6 Å². The predicted molar refractivity (Wildman–Crippen MR) is 90.4 cm³/mol. The van der Waals surface area contributed by atoms with E-state index in [9.17, 15) is 9.59 Å². The fourth-order valence-electron chi connectivity index (χ4n) is 2.93. The molecule has 118 valence electrons. The first kappa shape index (κ1) is 16.3. The van der Waals surface area contributed by atoms with Gasteiger partial charge in [0.25, 0.3) is 5.56 Å². The van der Waals surface area contributed by atoms with E-state index in [0.717, 1.165) is 53.2 Å². The molecule has 0 radical (unpaired) electrons. The van der Waals surface area contributed by atoms with E-state index in [1.54, 1.807) is 6.07 Å². The SMILES string of the molecule is CCCCc1c(CCCC)c2ccccc2n(C(N)=O)c1=O. The van der Waals surface area contributed by atoms with Crippen LogP contribution in [-0.2, 0) is 12.8 Å². The molecule has 0 saturated heterocycles. The predicted octanol–water partition coefficient (Wildman–Crippen LogP) is 3.61. The monoisotopic (exact) mass is 300 g/mol. The first-order valence-corrected chi connectivity index (χ1v) is 8.07. The van der Waals surface area contributed by atoms with Crippen LogP contribution in [0.4, 0.5) is 4.79 Å². The fraction of sp³-hybridized carbons (Fsp3) is 0.444. The zero-order chi connectivity index (χ0) is 16.1. The number of amides is 1. The van der Waals surface area contributed by atoms with Crippen molar-refractivity contribution in [2.45, 2.75) is 52.4 Å². The zero-order valence-corrected chi connectivity index (χ0v) is 13.4. The molecule has 22 heavy (non-hydrogen) atoms. The van der Waals surface area contributed by atoms with E-state index >= 15 is 0 Å². The minimum absolute atomic E-state index is 0.245. The van der Waals surface area contributed by atoms with Crippen molar-refractivity contribution in [2.24, 2.45) is 5.73 Å². The molecule has 2 rings (SSSR count). The number of hydrogen-bond acceptors (Lipinski definition) is 2. The van der Waals surface area contributed by atoms with Gasteiger partial charge in [-0.25, -0.2) is 9.36 Å². The van der Waals surface area contributed by atoms with E-state index in [1.165, 1.54) is 0 Å². The van der Waals surface area contributed by atoms with Gasteiger partial charge in [0.15, 0.2) is 0 Å². The molecule has 1 aromatic carbocycles. The highest BCUT2D eigenvalue weighted by atomic mass is 16.2. The lowest BCUT2D eigenvalue weighted by molar-refractivity contribution is 0.250.